The Balaban J connectivity index is 1.90. The first-order chi connectivity index (χ1) is 9.26. The number of hydrogen-bond acceptors (Lipinski definition) is 3. The molecule has 0 amide bonds. The molecule has 0 N–H and O–H groups in total. The van der Waals surface area contributed by atoms with Gasteiger partial charge in [-0.05, 0) is 36.6 Å². The van der Waals surface area contributed by atoms with Gasteiger partial charge in [0, 0.05) is 16.3 Å². The molecule has 0 spiro atoms. The van der Waals surface area contributed by atoms with Gasteiger partial charge in [-0.1, -0.05) is 23.7 Å². The van der Waals surface area contributed by atoms with Crippen LogP contribution in [0.3, 0.4) is 0 Å². The first kappa shape index (κ1) is 12.4. The van der Waals surface area contributed by atoms with Crippen LogP contribution in [0.4, 0.5) is 0 Å². The van der Waals surface area contributed by atoms with E-state index in [9.17, 15) is 5.26 Å². The standard InChI is InChI=1S/C15H11ClN2S/c16-13-5-1-10(2-6-13)7-12(8-17)15-18-14(9-19-15)11-3-4-11/h1-2,5-7,9,11H,3-4H2. The van der Waals surface area contributed by atoms with Gasteiger partial charge in [-0.25, -0.2) is 4.98 Å². The van der Waals surface area contributed by atoms with E-state index >= 15 is 0 Å². The average Bonchev–Trinajstić information content (AvgIpc) is 3.17. The van der Waals surface area contributed by atoms with E-state index in [0.29, 0.717) is 16.5 Å². The van der Waals surface area contributed by atoms with Crippen LogP contribution in [0.25, 0.3) is 11.6 Å². The Morgan fingerprint density at radius 2 is 2.11 bits per heavy atom. The molecule has 0 unspecified atom stereocenters. The molecule has 1 aromatic carbocycles. The smallest absolute Gasteiger partial charge is 0.134 e. The van der Waals surface area contributed by atoms with E-state index in [-0.39, 0.29) is 0 Å². The second-order valence-corrected chi connectivity index (χ2v) is 5.87. The Bertz CT molecular complexity index is 660. The predicted molar refractivity (Wildman–Crippen MR) is 79.0 cm³/mol. The molecule has 19 heavy (non-hydrogen) atoms. The minimum atomic E-state index is 0.610. The van der Waals surface area contributed by atoms with Crippen molar-refractivity contribution in [2.24, 2.45) is 0 Å². The molecule has 1 saturated carbocycles. The lowest BCUT2D eigenvalue weighted by Gasteiger charge is -1.96. The van der Waals surface area contributed by atoms with Crippen LogP contribution in [-0.4, -0.2) is 4.98 Å². The fourth-order valence-corrected chi connectivity index (χ4v) is 2.84. The van der Waals surface area contributed by atoms with E-state index in [2.05, 4.69) is 16.4 Å². The highest BCUT2D eigenvalue weighted by atomic mass is 35.5. The molecule has 1 aliphatic rings. The van der Waals surface area contributed by atoms with E-state index in [1.54, 1.807) is 11.3 Å². The SMILES string of the molecule is N#CC(=Cc1ccc(Cl)cc1)c1nc(C2CC2)cs1. The number of aromatic nitrogens is 1. The molecular formula is C15H11ClN2S. The molecule has 1 aromatic heterocycles. The number of benzene rings is 1. The Morgan fingerprint density at radius 1 is 1.37 bits per heavy atom. The molecule has 94 valence electrons. The van der Waals surface area contributed by atoms with Crippen molar-refractivity contribution in [1.82, 2.24) is 4.98 Å². The molecule has 1 heterocycles. The Hall–Kier alpha value is -1.63. The second kappa shape index (κ2) is 5.16. The number of halogens is 1. The average molecular weight is 287 g/mol. The van der Waals surface area contributed by atoms with Crippen LogP contribution in [0.5, 0.6) is 0 Å². The Labute approximate surface area is 121 Å². The lowest BCUT2D eigenvalue weighted by atomic mass is 10.1. The van der Waals surface area contributed by atoms with E-state index < -0.39 is 0 Å². The highest BCUT2D eigenvalue weighted by molar-refractivity contribution is 7.11. The number of allylic oxidation sites excluding steroid dienone is 1. The first-order valence-corrected chi connectivity index (χ1v) is 7.35. The summed E-state index contributed by atoms with van der Waals surface area (Å²) in [5.74, 6) is 0.625. The lowest BCUT2D eigenvalue weighted by molar-refractivity contribution is 1.05. The van der Waals surface area contributed by atoms with Crippen molar-refractivity contribution in [1.29, 1.82) is 5.26 Å². The molecule has 2 nitrogen and oxygen atoms in total. The summed E-state index contributed by atoms with van der Waals surface area (Å²) >= 11 is 7.39. The van der Waals surface area contributed by atoms with Crippen LogP contribution < -0.4 is 0 Å². The molecule has 0 aliphatic heterocycles. The van der Waals surface area contributed by atoms with Gasteiger partial charge in [0.25, 0.3) is 0 Å². The van der Waals surface area contributed by atoms with Crippen molar-refractivity contribution in [2.75, 3.05) is 0 Å². The minimum Gasteiger partial charge on any atom is -0.240 e. The normalized spacial score (nSPS) is 15.3. The Kier molecular flexibility index (Phi) is 3.37. The largest absolute Gasteiger partial charge is 0.240 e. The van der Waals surface area contributed by atoms with Gasteiger partial charge < -0.3 is 0 Å². The summed E-state index contributed by atoms with van der Waals surface area (Å²) < 4.78 is 0. The van der Waals surface area contributed by atoms with Crippen molar-refractivity contribution >= 4 is 34.6 Å². The van der Waals surface area contributed by atoms with Crippen LogP contribution in [-0.2, 0) is 0 Å². The van der Waals surface area contributed by atoms with Crippen molar-refractivity contribution in [3.63, 3.8) is 0 Å². The van der Waals surface area contributed by atoms with E-state index in [4.69, 9.17) is 11.6 Å². The van der Waals surface area contributed by atoms with Crippen LogP contribution in [0, 0.1) is 11.3 Å². The molecular weight excluding hydrogens is 276 g/mol. The highest BCUT2D eigenvalue weighted by Gasteiger charge is 2.26. The first-order valence-electron chi connectivity index (χ1n) is 6.09. The summed E-state index contributed by atoms with van der Waals surface area (Å²) in [7, 11) is 0. The summed E-state index contributed by atoms with van der Waals surface area (Å²) in [5.41, 5.74) is 2.71. The van der Waals surface area contributed by atoms with Gasteiger partial charge in [0.2, 0.25) is 0 Å². The third-order valence-corrected chi connectivity index (χ3v) is 4.20. The number of thiazole rings is 1. The van der Waals surface area contributed by atoms with Crippen LogP contribution in [0.15, 0.2) is 29.6 Å². The zero-order valence-electron chi connectivity index (χ0n) is 10.1. The molecule has 0 radical (unpaired) electrons. The summed E-state index contributed by atoms with van der Waals surface area (Å²) in [6, 6.07) is 9.66. The maximum Gasteiger partial charge on any atom is 0.134 e. The molecule has 0 bridgehead atoms. The molecule has 3 rings (SSSR count). The van der Waals surface area contributed by atoms with Crippen LogP contribution in [0.2, 0.25) is 5.02 Å². The summed E-state index contributed by atoms with van der Waals surface area (Å²) in [6.45, 7) is 0. The monoisotopic (exact) mass is 286 g/mol. The molecule has 1 aliphatic carbocycles. The zero-order chi connectivity index (χ0) is 13.2. The van der Waals surface area contributed by atoms with Gasteiger partial charge >= 0.3 is 0 Å². The molecule has 1 fully saturated rings. The van der Waals surface area contributed by atoms with Gasteiger partial charge in [0.15, 0.2) is 0 Å². The van der Waals surface area contributed by atoms with Crippen molar-refractivity contribution in [2.45, 2.75) is 18.8 Å². The Morgan fingerprint density at radius 3 is 2.74 bits per heavy atom. The highest BCUT2D eigenvalue weighted by Crippen LogP contribution is 2.40. The molecule has 4 heteroatoms. The van der Waals surface area contributed by atoms with Crippen LogP contribution >= 0.6 is 22.9 Å². The molecule has 2 aromatic rings. The van der Waals surface area contributed by atoms with E-state index in [1.807, 2.05) is 30.3 Å². The van der Waals surface area contributed by atoms with Gasteiger partial charge in [-0.15, -0.1) is 11.3 Å². The summed E-state index contributed by atoms with van der Waals surface area (Å²) in [5, 5.41) is 12.9. The van der Waals surface area contributed by atoms with E-state index in [1.165, 1.54) is 12.8 Å². The summed E-state index contributed by atoms with van der Waals surface area (Å²) in [6.07, 6.45) is 4.31. The number of hydrogen-bond donors (Lipinski definition) is 0. The van der Waals surface area contributed by atoms with E-state index in [0.717, 1.165) is 16.3 Å². The van der Waals surface area contributed by atoms with Crippen molar-refractivity contribution < 1.29 is 0 Å². The fraction of sp³-hybridized carbons (Fsp3) is 0.200. The quantitative estimate of drug-likeness (QED) is 0.764. The molecule has 0 saturated heterocycles. The fourth-order valence-electron chi connectivity index (χ4n) is 1.84. The summed E-state index contributed by atoms with van der Waals surface area (Å²) in [4.78, 5) is 4.56. The molecule has 0 atom stereocenters. The number of nitrogens with zero attached hydrogens (tertiary/aromatic N) is 2. The third-order valence-electron chi connectivity index (χ3n) is 3.05. The van der Waals surface area contributed by atoms with Crippen LogP contribution in [0.1, 0.15) is 35.0 Å². The minimum absolute atomic E-state index is 0.610. The maximum atomic E-state index is 9.28. The second-order valence-electron chi connectivity index (χ2n) is 4.57. The van der Waals surface area contributed by atoms with Gasteiger partial charge in [-0.3, -0.25) is 0 Å². The number of nitriles is 1. The lowest BCUT2D eigenvalue weighted by Crippen LogP contribution is -1.83. The topological polar surface area (TPSA) is 36.7 Å². The predicted octanol–water partition coefficient (Wildman–Crippen LogP) is 4.74. The van der Waals surface area contributed by atoms with Crippen molar-refractivity contribution in [3.05, 3.63) is 50.9 Å². The van der Waals surface area contributed by atoms with Gasteiger partial charge in [0.05, 0.1) is 11.3 Å². The van der Waals surface area contributed by atoms with Crippen molar-refractivity contribution in [3.8, 4) is 6.07 Å². The third kappa shape index (κ3) is 2.86. The van der Waals surface area contributed by atoms with Gasteiger partial charge in [-0.2, -0.15) is 5.26 Å². The zero-order valence-corrected chi connectivity index (χ0v) is 11.7. The maximum absolute atomic E-state index is 9.28. The van der Waals surface area contributed by atoms with Gasteiger partial charge in [0.1, 0.15) is 11.1 Å². The number of rotatable bonds is 3.